The maximum absolute atomic E-state index is 11.8. The molecule has 0 heterocycles. The summed E-state index contributed by atoms with van der Waals surface area (Å²) in [6, 6.07) is -0.179. The minimum absolute atomic E-state index is 0.179. The van der Waals surface area contributed by atoms with Gasteiger partial charge >= 0.3 is 12.0 Å². The molecule has 2 amide bonds. The fourth-order valence-electron chi connectivity index (χ4n) is 2.89. The van der Waals surface area contributed by atoms with Crippen molar-refractivity contribution in [2.45, 2.75) is 46.0 Å². The standard InChI is InChI=1S/C15H28N2O3/c1-11-6-4-5-7-13(11)8-9-16-15(20)17(3)10-12(2)14(18)19/h11-13H,4-10H2,1-3H3,(H,16,20)(H,18,19). The third-order valence-corrected chi connectivity index (χ3v) is 4.40. The molecule has 1 fully saturated rings. The van der Waals surface area contributed by atoms with Gasteiger partial charge in [0.25, 0.3) is 0 Å². The van der Waals surface area contributed by atoms with Gasteiger partial charge in [0.05, 0.1) is 5.92 Å². The molecule has 1 rings (SSSR count). The highest BCUT2D eigenvalue weighted by Crippen LogP contribution is 2.31. The van der Waals surface area contributed by atoms with Crippen molar-refractivity contribution < 1.29 is 14.7 Å². The molecule has 1 saturated carbocycles. The van der Waals surface area contributed by atoms with Crippen LogP contribution in [0.15, 0.2) is 0 Å². The second-order valence-electron chi connectivity index (χ2n) is 6.16. The number of carbonyl (C=O) groups is 2. The van der Waals surface area contributed by atoms with Crippen LogP contribution in [0.4, 0.5) is 4.79 Å². The van der Waals surface area contributed by atoms with Crippen LogP contribution in [0.2, 0.25) is 0 Å². The lowest BCUT2D eigenvalue weighted by Crippen LogP contribution is -2.41. The first-order valence-electron chi connectivity index (χ1n) is 7.63. The quantitative estimate of drug-likeness (QED) is 0.787. The van der Waals surface area contributed by atoms with Crippen LogP contribution in [0.3, 0.4) is 0 Å². The maximum Gasteiger partial charge on any atom is 0.317 e. The second kappa shape index (κ2) is 8.12. The van der Waals surface area contributed by atoms with Crippen LogP contribution in [-0.4, -0.2) is 42.1 Å². The number of carboxylic acids is 1. The lowest BCUT2D eigenvalue weighted by Gasteiger charge is -2.29. The Labute approximate surface area is 121 Å². The summed E-state index contributed by atoms with van der Waals surface area (Å²) in [4.78, 5) is 24.0. The predicted octanol–water partition coefficient (Wildman–Crippen LogP) is 2.56. The van der Waals surface area contributed by atoms with Gasteiger partial charge in [-0.2, -0.15) is 0 Å². The molecule has 0 spiro atoms. The van der Waals surface area contributed by atoms with Gasteiger partial charge in [-0.1, -0.05) is 39.5 Å². The molecule has 0 radical (unpaired) electrons. The Bertz CT molecular complexity index is 333. The highest BCUT2D eigenvalue weighted by atomic mass is 16.4. The van der Waals surface area contributed by atoms with Crippen LogP contribution in [0.1, 0.15) is 46.0 Å². The van der Waals surface area contributed by atoms with Crippen LogP contribution >= 0.6 is 0 Å². The number of aliphatic carboxylic acids is 1. The Morgan fingerprint density at radius 2 is 2.00 bits per heavy atom. The molecule has 0 aromatic heterocycles. The molecule has 3 unspecified atom stereocenters. The number of amides is 2. The van der Waals surface area contributed by atoms with E-state index in [-0.39, 0.29) is 12.6 Å². The molecule has 116 valence electrons. The van der Waals surface area contributed by atoms with Crippen LogP contribution in [0.25, 0.3) is 0 Å². The summed E-state index contributed by atoms with van der Waals surface area (Å²) in [7, 11) is 1.64. The average Bonchev–Trinajstić information content (AvgIpc) is 2.40. The summed E-state index contributed by atoms with van der Waals surface area (Å²) >= 11 is 0. The molecule has 0 saturated heterocycles. The van der Waals surface area contributed by atoms with Gasteiger partial charge in [-0.05, 0) is 18.3 Å². The van der Waals surface area contributed by atoms with Crippen molar-refractivity contribution in [1.82, 2.24) is 10.2 Å². The third kappa shape index (κ3) is 5.39. The van der Waals surface area contributed by atoms with E-state index in [1.54, 1.807) is 14.0 Å². The van der Waals surface area contributed by atoms with Crippen molar-refractivity contribution in [3.63, 3.8) is 0 Å². The monoisotopic (exact) mass is 284 g/mol. The summed E-state index contributed by atoms with van der Waals surface area (Å²) in [5.74, 6) is 0.0579. The number of urea groups is 1. The summed E-state index contributed by atoms with van der Waals surface area (Å²) in [6.45, 7) is 4.82. The molecular formula is C15H28N2O3. The molecule has 5 nitrogen and oxygen atoms in total. The number of carbonyl (C=O) groups excluding carboxylic acids is 1. The lowest BCUT2D eigenvalue weighted by molar-refractivity contribution is -0.141. The fraction of sp³-hybridized carbons (Fsp3) is 0.867. The van der Waals surface area contributed by atoms with E-state index in [0.29, 0.717) is 12.5 Å². The van der Waals surface area contributed by atoms with Crippen molar-refractivity contribution in [2.24, 2.45) is 17.8 Å². The Morgan fingerprint density at radius 3 is 2.60 bits per heavy atom. The lowest BCUT2D eigenvalue weighted by atomic mass is 9.79. The van der Waals surface area contributed by atoms with Crippen molar-refractivity contribution in [3.8, 4) is 0 Å². The van der Waals surface area contributed by atoms with Gasteiger partial charge in [0, 0.05) is 20.1 Å². The Morgan fingerprint density at radius 1 is 1.35 bits per heavy atom. The molecule has 2 N–H and O–H groups in total. The van der Waals surface area contributed by atoms with Crippen molar-refractivity contribution in [3.05, 3.63) is 0 Å². The highest BCUT2D eigenvalue weighted by molar-refractivity contribution is 5.75. The molecular weight excluding hydrogens is 256 g/mol. The van der Waals surface area contributed by atoms with E-state index < -0.39 is 11.9 Å². The van der Waals surface area contributed by atoms with Gasteiger partial charge in [-0.3, -0.25) is 4.79 Å². The zero-order chi connectivity index (χ0) is 15.1. The highest BCUT2D eigenvalue weighted by Gasteiger charge is 2.21. The second-order valence-corrected chi connectivity index (χ2v) is 6.16. The van der Waals surface area contributed by atoms with E-state index in [4.69, 9.17) is 5.11 Å². The van der Waals surface area contributed by atoms with Crippen LogP contribution in [0.5, 0.6) is 0 Å². The number of hydrogen-bond donors (Lipinski definition) is 2. The molecule has 1 aliphatic rings. The first-order valence-corrected chi connectivity index (χ1v) is 7.63. The van der Waals surface area contributed by atoms with Gasteiger partial charge in [0.2, 0.25) is 0 Å². The predicted molar refractivity (Wildman–Crippen MR) is 78.6 cm³/mol. The first kappa shape index (κ1) is 16.8. The van der Waals surface area contributed by atoms with Crippen molar-refractivity contribution >= 4 is 12.0 Å². The Balaban J connectivity index is 2.23. The molecule has 0 aromatic rings. The fourth-order valence-corrected chi connectivity index (χ4v) is 2.89. The molecule has 20 heavy (non-hydrogen) atoms. The van der Waals surface area contributed by atoms with Crippen LogP contribution < -0.4 is 5.32 Å². The van der Waals surface area contributed by atoms with Gasteiger partial charge < -0.3 is 15.3 Å². The van der Waals surface area contributed by atoms with E-state index in [9.17, 15) is 9.59 Å². The Hall–Kier alpha value is -1.26. The zero-order valence-corrected chi connectivity index (χ0v) is 12.9. The Kier molecular flexibility index (Phi) is 6.82. The molecule has 0 aliphatic heterocycles. The van der Waals surface area contributed by atoms with Gasteiger partial charge in [-0.15, -0.1) is 0 Å². The number of nitrogens with zero attached hydrogens (tertiary/aromatic N) is 1. The van der Waals surface area contributed by atoms with Gasteiger partial charge in [0.1, 0.15) is 0 Å². The maximum atomic E-state index is 11.8. The topological polar surface area (TPSA) is 69.6 Å². The van der Waals surface area contributed by atoms with E-state index in [1.165, 1.54) is 30.6 Å². The van der Waals surface area contributed by atoms with E-state index >= 15 is 0 Å². The molecule has 5 heteroatoms. The van der Waals surface area contributed by atoms with E-state index in [0.717, 1.165) is 12.3 Å². The number of hydrogen-bond acceptors (Lipinski definition) is 2. The SMILES string of the molecule is CC(CN(C)C(=O)NCCC1CCCCC1C)C(=O)O. The van der Waals surface area contributed by atoms with Crippen molar-refractivity contribution in [1.29, 1.82) is 0 Å². The summed E-state index contributed by atoms with van der Waals surface area (Å²) in [5, 5.41) is 11.7. The summed E-state index contributed by atoms with van der Waals surface area (Å²) in [5.41, 5.74) is 0. The largest absolute Gasteiger partial charge is 0.481 e. The van der Waals surface area contributed by atoms with E-state index in [2.05, 4.69) is 12.2 Å². The molecule has 0 bridgehead atoms. The number of rotatable bonds is 6. The summed E-state index contributed by atoms with van der Waals surface area (Å²) in [6.07, 6.45) is 6.23. The minimum atomic E-state index is -0.874. The third-order valence-electron chi connectivity index (χ3n) is 4.40. The van der Waals surface area contributed by atoms with Gasteiger partial charge in [-0.25, -0.2) is 4.79 Å². The average molecular weight is 284 g/mol. The smallest absolute Gasteiger partial charge is 0.317 e. The molecule has 1 aliphatic carbocycles. The van der Waals surface area contributed by atoms with Crippen molar-refractivity contribution in [2.75, 3.05) is 20.1 Å². The zero-order valence-electron chi connectivity index (χ0n) is 12.9. The number of carboxylic acid groups (broad SMARTS) is 1. The molecule has 3 atom stereocenters. The van der Waals surface area contributed by atoms with E-state index in [1.807, 2.05) is 0 Å². The normalized spacial score (nSPS) is 23.9. The minimum Gasteiger partial charge on any atom is -0.481 e. The van der Waals surface area contributed by atoms with Gasteiger partial charge in [0.15, 0.2) is 0 Å². The van der Waals surface area contributed by atoms with Crippen LogP contribution in [-0.2, 0) is 4.79 Å². The number of nitrogens with one attached hydrogen (secondary N) is 1. The summed E-state index contributed by atoms with van der Waals surface area (Å²) < 4.78 is 0. The van der Waals surface area contributed by atoms with Crippen LogP contribution in [0, 0.1) is 17.8 Å². The molecule has 0 aromatic carbocycles. The first-order chi connectivity index (χ1) is 9.41.